The molecule has 3 nitrogen and oxygen atoms in total. The van der Waals surface area contributed by atoms with Crippen molar-refractivity contribution >= 4 is 29.2 Å². The van der Waals surface area contributed by atoms with E-state index in [0.29, 0.717) is 6.54 Å². The van der Waals surface area contributed by atoms with Crippen LogP contribution in [-0.2, 0) is 9.53 Å². The molecule has 15 heavy (non-hydrogen) atoms. The molecule has 0 amide bonds. The molecule has 0 unspecified atom stereocenters. The summed E-state index contributed by atoms with van der Waals surface area (Å²) in [5.41, 5.74) is -0.465. The molecule has 2 fully saturated rings. The van der Waals surface area contributed by atoms with Crippen LogP contribution in [0.3, 0.4) is 0 Å². The molecule has 0 aromatic rings. The minimum Gasteiger partial charge on any atom is -0.459 e. The second-order valence-electron chi connectivity index (χ2n) is 5.23. The van der Waals surface area contributed by atoms with Crippen molar-refractivity contribution in [3.05, 3.63) is 0 Å². The maximum Gasteiger partial charge on any atom is 0.324 e. The second kappa shape index (κ2) is 3.25. The zero-order valence-electron chi connectivity index (χ0n) is 9.01. The average Bonchev–Trinajstić information content (AvgIpc) is 2.42. The Morgan fingerprint density at radius 1 is 1.47 bits per heavy atom. The van der Waals surface area contributed by atoms with Crippen LogP contribution in [0.1, 0.15) is 20.8 Å². The highest BCUT2D eigenvalue weighted by atomic mass is 35.5. The first-order chi connectivity index (χ1) is 6.73. The zero-order valence-corrected chi connectivity index (χ0v) is 10.5. The molecule has 1 heterocycles. The molecule has 0 radical (unpaired) electrons. The van der Waals surface area contributed by atoms with E-state index in [0.717, 1.165) is 0 Å². The summed E-state index contributed by atoms with van der Waals surface area (Å²) in [6.07, 6.45) is 0. The van der Waals surface area contributed by atoms with E-state index in [-0.39, 0.29) is 23.8 Å². The maximum atomic E-state index is 11.8. The fourth-order valence-electron chi connectivity index (χ4n) is 2.11. The van der Waals surface area contributed by atoms with Gasteiger partial charge in [0.25, 0.3) is 0 Å². The lowest BCUT2D eigenvalue weighted by molar-refractivity contribution is -0.157. The summed E-state index contributed by atoms with van der Waals surface area (Å²) in [7, 11) is 0. The molecule has 0 bridgehead atoms. The summed E-state index contributed by atoms with van der Waals surface area (Å²) >= 11 is 12.1. The summed E-state index contributed by atoms with van der Waals surface area (Å²) in [5, 5.41) is 3.09. The highest BCUT2D eigenvalue weighted by molar-refractivity contribution is 6.51. The van der Waals surface area contributed by atoms with Crippen molar-refractivity contribution in [1.29, 1.82) is 0 Å². The van der Waals surface area contributed by atoms with Crippen LogP contribution in [0.15, 0.2) is 0 Å². The van der Waals surface area contributed by atoms with E-state index in [1.54, 1.807) is 0 Å². The molecule has 5 heteroatoms. The highest BCUT2D eigenvalue weighted by Crippen LogP contribution is 2.63. The summed E-state index contributed by atoms with van der Waals surface area (Å²) in [6, 6.07) is -0.343. The van der Waals surface area contributed by atoms with Gasteiger partial charge in [0.1, 0.15) is 16.0 Å². The van der Waals surface area contributed by atoms with Crippen molar-refractivity contribution in [2.24, 2.45) is 11.8 Å². The number of nitrogens with one attached hydrogen (secondary N) is 1. The van der Waals surface area contributed by atoms with E-state index in [2.05, 4.69) is 5.32 Å². The molecular weight excluding hydrogens is 237 g/mol. The number of esters is 1. The first-order valence-electron chi connectivity index (χ1n) is 5.07. The SMILES string of the molecule is CC(C)(C)OC(=O)[C@H]1NC[C@H]2[C@@H]1C2(Cl)Cl. The second-order valence-corrected chi connectivity index (χ2v) is 6.67. The molecule has 1 aliphatic carbocycles. The molecule has 1 saturated carbocycles. The van der Waals surface area contributed by atoms with E-state index < -0.39 is 9.93 Å². The van der Waals surface area contributed by atoms with Gasteiger partial charge in [-0.25, -0.2) is 0 Å². The van der Waals surface area contributed by atoms with Gasteiger partial charge < -0.3 is 10.1 Å². The Balaban J connectivity index is 1.99. The van der Waals surface area contributed by atoms with Gasteiger partial charge >= 0.3 is 5.97 Å². The molecule has 3 atom stereocenters. The summed E-state index contributed by atoms with van der Waals surface area (Å²) in [4.78, 5) is 11.8. The first kappa shape index (κ1) is 11.5. The summed E-state index contributed by atoms with van der Waals surface area (Å²) < 4.78 is 4.56. The number of alkyl halides is 2. The average molecular weight is 252 g/mol. The van der Waals surface area contributed by atoms with Gasteiger partial charge in [0.05, 0.1) is 0 Å². The molecule has 0 aromatic carbocycles. The number of hydrogen-bond acceptors (Lipinski definition) is 3. The van der Waals surface area contributed by atoms with Crippen LogP contribution >= 0.6 is 23.2 Å². The van der Waals surface area contributed by atoms with Crippen LogP contribution in [-0.4, -0.2) is 28.5 Å². The molecule has 0 spiro atoms. The van der Waals surface area contributed by atoms with Crippen molar-refractivity contribution in [2.45, 2.75) is 36.7 Å². The predicted molar refractivity (Wildman–Crippen MR) is 59.1 cm³/mol. The molecule has 0 aromatic heterocycles. The van der Waals surface area contributed by atoms with E-state index in [1.165, 1.54) is 0 Å². The number of rotatable bonds is 1. The standard InChI is InChI=1S/C10H15Cl2NO2/c1-9(2,3)15-8(14)7-6-5(4-13-7)10(6,11)12/h5-7,13H,4H2,1-3H3/t5-,6-,7-/m0/s1. The van der Waals surface area contributed by atoms with Crippen molar-refractivity contribution in [2.75, 3.05) is 6.54 Å². The number of hydrogen-bond donors (Lipinski definition) is 1. The van der Waals surface area contributed by atoms with Crippen LogP contribution in [0.5, 0.6) is 0 Å². The fourth-order valence-corrected chi connectivity index (χ4v) is 2.97. The predicted octanol–water partition coefficient (Wildman–Crippen LogP) is 1.72. The number of piperidine rings is 1. The third-order valence-corrected chi connectivity index (χ3v) is 3.91. The van der Waals surface area contributed by atoms with E-state index in [1.807, 2.05) is 20.8 Å². The molecule has 1 N–H and O–H groups in total. The Hall–Kier alpha value is 0.01000. The monoisotopic (exact) mass is 251 g/mol. The fraction of sp³-hybridized carbons (Fsp3) is 0.900. The van der Waals surface area contributed by atoms with Crippen molar-refractivity contribution in [3.8, 4) is 0 Å². The topological polar surface area (TPSA) is 38.3 Å². The van der Waals surface area contributed by atoms with Crippen molar-refractivity contribution < 1.29 is 9.53 Å². The normalized spacial score (nSPS) is 37.3. The van der Waals surface area contributed by atoms with Gasteiger partial charge in [-0.3, -0.25) is 4.79 Å². The number of fused-ring (bicyclic) bond motifs is 1. The quantitative estimate of drug-likeness (QED) is 0.570. The van der Waals surface area contributed by atoms with E-state index in [9.17, 15) is 4.79 Å². The van der Waals surface area contributed by atoms with Crippen LogP contribution in [0.2, 0.25) is 0 Å². The largest absolute Gasteiger partial charge is 0.459 e. The first-order valence-corrected chi connectivity index (χ1v) is 5.83. The number of carbonyl (C=O) groups is 1. The maximum absolute atomic E-state index is 11.8. The van der Waals surface area contributed by atoms with Gasteiger partial charge in [0.2, 0.25) is 0 Å². The van der Waals surface area contributed by atoms with Crippen molar-refractivity contribution in [3.63, 3.8) is 0 Å². The molecule has 1 aliphatic heterocycles. The smallest absolute Gasteiger partial charge is 0.324 e. The van der Waals surface area contributed by atoms with Crippen LogP contribution in [0.4, 0.5) is 0 Å². The lowest BCUT2D eigenvalue weighted by Crippen LogP contribution is -2.42. The van der Waals surface area contributed by atoms with Gasteiger partial charge in [-0.15, -0.1) is 23.2 Å². The lowest BCUT2D eigenvalue weighted by atomic mass is 10.1. The summed E-state index contributed by atoms with van der Waals surface area (Å²) in [6.45, 7) is 6.23. The number of carbonyl (C=O) groups excluding carboxylic acids is 1. The number of halogens is 2. The molecule has 2 rings (SSSR count). The van der Waals surface area contributed by atoms with Crippen LogP contribution in [0, 0.1) is 11.8 Å². The van der Waals surface area contributed by atoms with E-state index in [4.69, 9.17) is 27.9 Å². The Morgan fingerprint density at radius 2 is 2.07 bits per heavy atom. The van der Waals surface area contributed by atoms with Crippen molar-refractivity contribution in [1.82, 2.24) is 5.32 Å². The molecule has 1 saturated heterocycles. The molecular formula is C10H15Cl2NO2. The van der Waals surface area contributed by atoms with Crippen LogP contribution in [0.25, 0.3) is 0 Å². The molecule has 86 valence electrons. The lowest BCUT2D eigenvalue weighted by Gasteiger charge is -2.23. The third-order valence-electron chi connectivity index (χ3n) is 2.84. The van der Waals surface area contributed by atoms with Gasteiger partial charge in [-0.1, -0.05) is 0 Å². The van der Waals surface area contributed by atoms with Crippen LogP contribution < -0.4 is 5.32 Å². The van der Waals surface area contributed by atoms with Gasteiger partial charge in [0, 0.05) is 18.4 Å². The minimum atomic E-state index is -0.729. The minimum absolute atomic E-state index is 0.00989. The highest BCUT2D eigenvalue weighted by Gasteiger charge is 2.71. The third kappa shape index (κ3) is 1.97. The van der Waals surface area contributed by atoms with Gasteiger partial charge in [-0.05, 0) is 20.8 Å². The Kier molecular flexibility index (Phi) is 2.49. The van der Waals surface area contributed by atoms with Gasteiger partial charge in [-0.2, -0.15) is 0 Å². The van der Waals surface area contributed by atoms with Gasteiger partial charge in [0.15, 0.2) is 0 Å². The Morgan fingerprint density at radius 3 is 2.47 bits per heavy atom. The Labute approximate surface area is 99.4 Å². The summed E-state index contributed by atoms with van der Waals surface area (Å²) in [5.74, 6) is -0.0489. The number of ether oxygens (including phenoxy) is 1. The van der Waals surface area contributed by atoms with E-state index >= 15 is 0 Å². The Bertz CT molecular complexity index is 298. The zero-order chi connectivity index (χ0) is 11.4. The molecule has 2 aliphatic rings.